The number of nitrogens with zero attached hydrogens (tertiary/aromatic N) is 2. The third-order valence-electron chi connectivity index (χ3n) is 6.64. The third-order valence-corrected chi connectivity index (χ3v) is 7.42. The first-order valence-corrected chi connectivity index (χ1v) is 15.7. The van der Waals surface area contributed by atoms with E-state index in [-0.39, 0.29) is 6.16 Å². The molecule has 2 N–H and O–H groups in total. The fraction of sp³-hybridized carbons (Fsp3) is 0.0811. The van der Waals surface area contributed by atoms with Crippen LogP contribution in [0.4, 0.5) is 0 Å². The molecule has 0 saturated carbocycles. The van der Waals surface area contributed by atoms with Gasteiger partial charge in [0.2, 0.25) is 0 Å². The molecule has 0 aliphatic heterocycles. The molecule has 4 aromatic rings. The average molecular weight is 587 g/mol. The molecule has 0 bridgehead atoms. The summed E-state index contributed by atoms with van der Waals surface area (Å²) in [6.45, 7) is 11.6. The van der Waals surface area contributed by atoms with Crippen molar-refractivity contribution in [3.05, 3.63) is 157 Å². The van der Waals surface area contributed by atoms with E-state index in [4.69, 9.17) is 9.97 Å². The van der Waals surface area contributed by atoms with Crippen molar-refractivity contribution in [2.24, 2.45) is 0 Å². The van der Waals surface area contributed by atoms with E-state index in [1.807, 2.05) is 80.6 Å². The van der Waals surface area contributed by atoms with E-state index in [2.05, 4.69) is 37.4 Å². The van der Waals surface area contributed by atoms with Crippen molar-refractivity contribution in [1.82, 2.24) is 9.97 Å². The van der Waals surface area contributed by atoms with Gasteiger partial charge in [-0.3, -0.25) is 4.57 Å². The van der Waals surface area contributed by atoms with Crippen molar-refractivity contribution in [2.75, 3.05) is 0 Å². The Kier molecular flexibility index (Phi) is 10.5. The number of hydrogen-bond donors (Lipinski definition) is 2. The number of rotatable bonds is 11. The molecule has 4 rings (SSSR count). The van der Waals surface area contributed by atoms with Crippen molar-refractivity contribution in [2.45, 2.75) is 20.0 Å². The quantitative estimate of drug-likeness (QED) is 0.135. The Morgan fingerprint density at radius 1 is 0.698 bits per heavy atom. The predicted molar refractivity (Wildman–Crippen MR) is 180 cm³/mol. The van der Waals surface area contributed by atoms with Crippen LogP contribution >= 0.6 is 7.60 Å². The van der Waals surface area contributed by atoms with Crippen LogP contribution in [0.5, 0.6) is 0 Å². The van der Waals surface area contributed by atoms with Crippen LogP contribution in [0.3, 0.4) is 0 Å². The molecule has 0 amide bonds. The molecule has 0 saturated heterocycles. The highest BCUT2D eigenvalue weighted by Gasteiger charge is 2.15. The summed E-state index contributed by atoms with van der Waals surface area (Å²) in [6.07, 6.45) is 15.3. The van der Waals surface area contributed by atoms with Gasteiger partial charge < -0.3 is 9.79 Å². The van der Waals surface area contributed by atoms with E-state index < -0.39 is 7.60 Å². The normalized spacial score (nSPS) is 12.7. The Morgan fingerprint density at radius 3 is 1.49 bits per heavy atom. The van der Waals surface area contributed by atoms with Crippen molar-refractivity contribution in [3.8, 4) is 33.9 Å². The van der Waals surface area contributed by atoms with Gasteiger partial charge in [0, 0.05) is 16.7 Å². The molecule has 3 aromatic carbocycles. The molecule has 43 heavy (non-hydrogen) atoms. The minimum atomic E-state index is -4.17. The molecule has 0 fully saturated rings. The summed E-state index contributed by atoms with van der Waals surface area (Å²) < 4.78 is 11.5. The lowest BCUT2D eigenvalue weighted by Gasteiger charge is -2.11. The molecule has 0 aliphatic rings. The topological polar surface area (TPSA) is 83.3 Å². The molecule has 216 valence electrons. The third kappa shape index (κ3) is 8.43. The van der Waals surface area contributed by atoms with Gasteiger partial charge in [-0.2, -0.15) is 0 Å². The lowest BCUT2D eigenvalue weighted by molar-refractivity contribution is 0.371. The molecular weight excluding hydrogens is 551 g/mol. The summed E-state index contributed by atoms with van der Waals surface area (Å²) in [5, 5.41) is 0. The summed E-state index contributed by atoms with van der Waals surface area (Å²) in [7, 11) is -4.17. The highest BCUT2D eigenvalue weighted by molar-refractivity contribution is 7.50. The average Bonchev–Trinajstić information content (AvgIpc) is 3.00. The fourth-order valence-corrected chi connectivity index (χ4v) is 5.33. The van der Waals surface area contributed by atoms with Gasteiger partial charge in [-0.05, 0) is 47.8 Å². The van der Waals surface area contributed by atoms with Crippen molar-refractivity contribution in [1.29, 1.82) is 0 Å². The summed E-state index contributed by atoms with van der Waals surface area (Å²) in [6, 6.07) is 25.4. The van der Waals surface area contributed by atoms with Crippen LogP contribution in [0, 0.1) is 0 Å². The maximum absolute atomic E-state index is 11.5. The summed E-state index contributed by atoms with van der Waals surface area (Å²) >= 11 is 0. The molecule has 0 spiro atoms. The van der Waals surface area contributed by atoms with E-state index in [1.165, 1.54) is 0 Å². The number of aromatic nitrogens is 2. The molecule has 6 heteroatoms. The Hall–Kier alpha value is -4.67. The van der Waals surface area contributed by atoms with Gasteiger partial charge in [0.25, 0.3) is 0 Å². The van der Waals surface area contributed by atoms with E-state index in [0.717, 1.165) is 50.4 Å². The monoisotopic (exact) mass is 586 g/mol. The van der Waals surface area contributed by atoms with Gasteiger partial charge in [-0.15, -0.1) is 0 Å². The number of benzene rings is 3. The van der Waals surface area contributed by atoms with Crippen LogP contribution in [-0.4, -0.2) is 19.8 Å². The van der Waals surface area contributed by atoms with Gasteiger partial charge in [0.15, 0.2) is 5.82 Å². The molecule has 5 nitrogen and oxygen atoms in total. The van der Waals surface area contributed by atoms with Crippen molar-refractivity contribution < 1.29 is 14.4 Å². The Bertz CT molecular complexity index is 1660. The second-order valence-electron chi connectivity index (χ2n) is 9.85. The minimum Gasteiger partial charge on any atom is -0.324 e. The Balaban J connectivity index is 1.80. The summed E-state index contributed by atoms with van der Waals surface area (Å²) in [5.41, 5.74) is 8.95. The van der Waals surface area contributed by atoms with E-state index >= 15 is 0 Å². The van der Waals surface area contributed by atoms with Crippen LogP contribution < -0.4 is 0 Å². The van der Waals surface area contributed by atoms with Crippen LogP contribution in [-0.2, 0) is 10.7 Å². The second kappa shape index (κ2) is 14.5. The standard InChI is InChI=1S/C37H35N2O3P/c1-5-9-28(10-6-2)30-17-21-32(22-18-30)35-25-36(33-23-19-31(20-24-33)29(11-7-3)12-8-4)39-37(38-35)34-15-13-27(14-16-34)26-43(40,41)42/h5-25H,1,3,26H2,2,4H3,(H2,40,41,42)/b10-6-,12-8-,28-9+,29-11+. The maximum atomic E-state index is 11.5. The SMILES string of the molecule is C=C/C=C(\C=C/C)c1ccc(-c2cc(-c3ccc(C(/C=C\C)=C/C=C)cc3)nc(-c3ccc(CP(=O)(O)O)cc3)n2)cc1. The van der Waals surface area contributed by atoms with E-state index in [1.54, 1.807) is 36.4 Å². The Morgan fingerprint density at radius 2 is 1.12 bits per heavy atom. The molecule has 1 aromatic heterocycles. The van der Waals surface area contributed by atoms with Crippen molar-refractivity contribution in [3.63, 3.8) is 0 Å². The molecular formula is C37H35N2O3P. The highest BCUT2D eigenvalue weighted by Crippen LogP contribution is 2.39. The van der Waals surface area contributed by atoms with Gasteiger partial charge in [0.1, 0.15) is 0 Å². The molecule has 0 radical (unpaired) electrons. The zero-order valence-electron chi connectivity index (χ0n) is 24.4. The highest BCUT2D eigenvalue weighted by atomic mass is 31.2. The molecule has 0 unspecified atom stereocenters. The molecule has 0 aliphatic carbocycles. The van der Waals surface area contributed by atoms with E-state index in [0.29, 0.717) is 11.4 Å². The van der Waals surface area contributed by atoms with Crippen molar-refractivity contribution >= 4 is 18.7 Å². The van der Waals surface area contributed by atoms with Crippen LogP contribution in [0.2, 0.25) is 0 Å². The first kappa shape index (κ1) is 31.3. The van der Waals surface area contributed by atoms with Gasteiger partial charge >= 0.3 is 7.60 Å². The smallest absolute Gasteiger partial charge is 0.324 e. The largest absolute Gasteiger partial charge is 0.329 e. The van der Waals surface area contributed by atoms with Gasteiger partial charge in [0.05, 0.1) is 17.5 Å². The summed E-state index contributed by atoms with van der Waals surface area (Å²) in [4.78, 5) is 28.6. The number of hydrogen-bond acceptors (Lipinski definition) is 3. The molecule has 0 atom stereocenters. The Labute approximate surface area is 253 Å². The van der Waals surface area contributed by atoms with Crippen LogP contribution in [0.15, 0.2) is 141 Å². The second-order valence-corrected chi connectivity index (χ2v) is 11.5. The lowest BCUT2D eigenvalue weighted by atomic mass is 9.99. The lowest BCUT2D eigenvalue weighted by Crippen LogP contribution is -1.97. The zero-order valence-corrected chi connectivity index (χ0v) is 25.3. The number of allylic oxidation sites excluding steroid dienone is 10. The first-order chi connectivity index (χ1) is 20.7. The minimum absolute atomic E-state index is 0.316. The maximum Gasteiger partial charge on any atom is 0.329 e. The predicted octanol–water partition coefficient (Wildman–Crippen LogP) is 9.45. The van der Waals surface area contributed by atoms with E-state index in [9.17, 15) is 14.4 Å². The molecule has 1 heterocycles. The van der Waals surface area contributed by atoms with Gasteiger partial charge in [-0.25, -0.2) is 9.97 Å². The van der Waals surface area contributed by atoms with Gasteiger partial charge in [-0.1, -0.05) is 135 Å². The first-order valence-electron chi connectivity index (χ1n) is 13.9. The van der Waals surface area contributed by atoms with Crippen LogP contribution in [0.1, 0.15) is 30.5 Å². The van der Waals surface area contributed by atoms with Crippen LogP contribution in [0.25, 0.3) is 45.0 Å². The summed E-state index contributed by atoms with van der Waals surface area (Å²) in [5.74, 6) is 0.519. The fourth-order valence-electron chi connectivity index (χ4n) is 4.65. The zero-order chi connectivity index (χ0) is 30.8.